The van der Waals surface area contributed by atoms with Crippen molar-refractivity contribution in [3.05, 3.63) is 12.7 Å². The van der Waals surface area contributed by atoms with Gasteiger partial charge in [0.05, 0.1) is 6.33 Å². The molecule has 104 valence electrons. The van der Waals surface area contributed by atoms with Gasteiger partial charge in [0.2, 0.25) is 0 Å². The van der Waals surface area contributed by atoms with Crippen LogP contribution in [0.3, 0.4) is 0 Å². The molecule has 0 unspecified atom stereocenters. The molecule has 2 aromatic rings. The monoisotopic (exact) mass is 261 g/mol. The van der Waals surface area contributed by atoms with E-state index < -0.39 is 0 Å². The number of nitrogen functional groups attached to an aromatic ring is 1. The fourth-order valence-electron chi connectivity index (χ4n) is 2.40. The van der Waals surface area contributed by atoms with Crippen LogP contribution in [0.25, 0.3) is 11.2 Å². The molecule has 2 aromatic heterocycles. The molecule has 5 heteroatoms. The molecule has 0 aromatic carbocycles. The van der Waals surface area contributed by atoms with Crippen LogP contribution in [-0.2, 0) is 5.54 Å². The lowest BCUT2D eigenvalue weighted by Gasteiger charge is -2.27. The molecule has 0 aliphatic heterocycles. The van der Waals surface area contributed by atoms with Crippen molar-refractivity contribution in [2.24, 2.45) is 0 Å². The van der Waals surface area contributed by atoms with Crippen molar-refractivity contribution >= 4 is 17.0 Å². The zero-order chi connectivity index (χ0) is 13.9. The fraction of sp³-hybridized carbons (Fsp3) is 0.643. The summed E-state index contributed by atoms with van der Waals surface area (Å²) in [7, 11) is 0. The van der Waals surface area contributed by atoms with Crippen LogP contribution in [0.4, 0.5) is 5.82 Å². The number of nitrogens with two attached hydrogens (primary N) is 1. The zero-order valence-electron chi connectivity index (χ0n) is 12.1. The van der Waals surface area contributed by atoms with E-state index in [2.05, 4.69) is 40.3 Å². The average molecular weight is 261 g/mol. The predicted octanol–water partition coefficient (Wildman–Crippen LogP) is 3.11. The highest BCUT2D eigenvalue weighted by atomic mass is 15.2. The number of hydrogen-bond acceptors (Lipinski definition) is 4. The molecule has 2 N–H and O–H groups in total. The molecule has 0 saturated heterocycles. The van der Waals surface area contributed by atoms with Crippen LogP contribution in [0.2, 0.25) is 0 Å². The molecule has 0 aliphatic rings. The van der Waals surface area contributed by atoms with E-state index in [9.17, 15) is 0 Å². The van der Waals surface area contributed by atoms with Crippen LogP contribution in [0.1, 0.15) is 52.9 Å². The summed E-state index contributed by atoms with van der Waals surface area (Å²) in [6, 6.07) is 0. The van der Waals surface area contributed by atoms with Gasteiger partial charge in [0.15, 0.2) is 11.5 Å². The quantitative estimate of drug-likeness (QED) is 0.811. The summed E-state index contributed by atoms with van der Waals surface area (Å²) in [4.78, 5) is 12.6. The third-order valence-corrected chi connectivity index (χ3v) is 3.66. The molecule has 0 aliphatic carbocycles. The van der Waals surface area contributed by atoms with Gasteiger partial charge in [-0.3, -0.25) is 0 Å². The van der Waals surface area contributed by atoms with Crippen molar-refractivity contribution in [1.29, 1.82) is 0 Å². The highest BCUT2D eigenvalue weighted by Crippen LogP contribution is 2.27. The topological polar surface area (TPSA) is 69.6 Å². The molecule has 2 heterocycles. The summed E-state index contributed by atoms with van der Waals surface area (Å²) < 4.78 is 2.12. The summed E-state index contributed by atoms with van der Waals surface area (Å²) in [6.07, 6.45) is 9.51. The van der Waals surface area contributed by atoms with Crippen LogP contribution in [0.15, 0.2) is 12.7 Å². The van der Waals surface area contributed by atoms with Gasteiger partial charge in [0, 0.05) is 5.54 Å². The second-order valence-electron chi connectivity index (χ2n) is 5.67. The minimum atomic E-state index is 0.00326. The number of rotatable bonds is 6. The molecule has 0 atom stereocenters. The van der Waals surface area contributed by atoms with E-state index in [1.807, 2.05) is 6.33 Å². The summed E-state index contributed by atoms with van der Waals surface area (Å²) in [5, 5.41) is 0. The van der Waals surface area contributed by atoms with Crippen LogP contribution >= 0.6 is 0 Å². The van der Waals surface area contributed by atoms with Gasteiger partial charge in [-0.25, -0.2) is 15.0 Å². The predicted molar refractivity (Wildman–Crippen MR) is 77.8 cm³/mol. The third kappa shape index (κ3) is 2.85. The Morgan fingerprint density at radius 3 is 2.68 bits per heavy atom. The van der Waals surface area contributed by atoms with E-state index in [0.717, 1.165) is 12.1 Å². The Morgan fingerprint density at radius 2 is 1.95 bits per heavy atom. The standard InChI is InChI=1S/C14H23N5/c1-4-5-6-7-8-14(2,3)19-10-18-11-12(15)16-9-17-13(11)19/h9-10H,4-8H2,1-3H3,(H2,15,16,17). The normalized spacial score (nSPS) is 12.2. The largest absolute Gasteiger partial charge is 0.382 e. The van der Waals surface area contributed by atoms with E-state index in [0.29, 0.717) is 11.3 Å². The number of hydrogen-bond donors (Lipinski definition) is 1. The first-order chi connectivity index (χ1) is 9.06. The lowest BCUT2D eigenvalue weighted by molar-refractivity contribution is 0.320. The highest BCUT2D eigenvalue weighted by Gasteiger charge is 2.23. The molecular formula is C14H23N5. The number of anilines is 1. The molecule has 2 rings (SSSR count). The number of fused-ring (bicyclic) bond motifs is 1. The molecule has 0 amide bonds. The minimum absolute atomic E-state index is 0.00326. The van der Waals surface area contributed by atoms with Crippen LogP contribution in [-0.4, -0.2) is 19.5 Å². The van der Waals surface area contributed by atoms with Crippen LogP contribution in [0.5, 0.6) is 0 Å². The average Bonchev–Trinajstić information content (AvgIpc) is 2.81. The number of imidazole rings is 1. The SMILES string of the molecule is CCCCCCC(C)(C)n1cnc2c(N)ncnc21. The maximum atomic E-state index is 5.83. The van der Waals surface area contributed by atoms with Gasteiger partial charge in [0.1, 0.15) is 11.8 Å². The molecule has 0 spiro atoms. The lowest BCUT2D eigenvalue weighted by Crippen LogP contribution is -2.25. The van der Waals surface area contributed by atoms with Gasteiger partial charge in [-0.1, -0.05) is 32.6 Å². The molecule has 0 saturated carbocycles. The van der Waals surface area contributed by atoms with E-state index in [4.69, 9.17) is 5.73 Å². The molecule has 0 radical (unpaired) electrons. The Labute approximate surface area is 114 Å². The fourth-order valence-corrected chi connectivity index (χ4v) is 2.40. The summed E-state index contributed by atoms with van der Waals surface area (Å²) in [5.41, 5.74) is 7.35. The summed E-state index contributed by atoms with van der Waals surface area (Å²) in [5.74, 6) is 0.450. The Kier molecular flexibility index (Phi) is 4.02. The van der Waals surface area contributed by atoms with Gasteiger partial charge in [-0.15, -0.1) is 0 Å². The Bertz CT molecular complexity index is 544. The highest BCUT2D eigenvalue weighted by molar-refractivity contribution is 5.81. The third-order valence-electron chi connectivity index (χ3n) is 3.66. The van der Waals surface area contributed by atoms with E-state index in [-0.39, 0.29) is 5.54 Å². The van der Waals surface area contributed by atoms with Crippen molar-refractivity contribution in [2.75, 3.05) is 5.73 Å². The number of unbranched alkanes of at least 4 members (excludes halogenated alkanes) is 3. The first kappa shape index (κ1) is 13.8. The first-order valence-electron chi connectivity index (χ1n) is 7.00. The molecule has 0 fully saturated rings. The Hall–Kier alpha value is -1.65. The van der Waals surface area contributed by atoms with Crippen molar-refractivity contribution in [3.8, 4) is 0 Å². The van der Waals surface area contributed by atoms with Crippen molar-refractivity contribution in [3.63, 3.8) is 0 Å². The second-order valence-corrected chi connectivity index (χ2v) is 5.67. The lowest BCUT2D eigenvalue weighted by atomic mass is 9.96. The summed E-state index contributed by atoms with van der Waals surface area (Å²) >= 11 is 0. The Morgan fingerprint density at radius 1 is 1.16 bits per heavy atom. The van der Waals surface area contributed by atoms with E-state index in [1.165, 1.54) is 32.0 Å². The van der Waals surface area contributed by atoms with E-state index in [1.54, 1.807) is 0 Å². The van der Waals surface area contributed by atoms with Crippen LogP contribution in [0, 0.1) is 0 Å². The molecule has 19 heavy (non-hydrogen) atoms. The smallest absolute Gasteiger partial charge is 0.165 e. The van der Waals surface area contributed by atoms with Crippen LogP contribution < -0.4 is 5.73 Å². The molecular weight excluding hydrogens is 238 g/mol. The van der Waals surface area contributed by atoms with Crippen molar-refractivity contribution in [2.45, 2.75) is 58.4 Å². The number of aromatic nitrogens is 4. The zero-order valence-corrected chi connectivity index (χ0v) is 12.1. The van der Waals surface area contributed by atoms with Gasteiger partial charge in [-0.05, 0) is 20.3 Å². The Balaban J connectivity index is 2.20. The van der Waals surface area contributed by atoms with Crippen molar-refractivity contribution in [1.82, 2.24) is 19.5 Å². The maximum absolute atomic E-state index is 5.83. The molecule has 0 bridgehead atoms. The maximum Gasteiger partial charge on any atom is 0.165 e. The van der Waals surface area contributed by atoms with Gasteiger partial charge < -0.3 is 10.3 Å². The first-order valence-corrected chi connectivity index (χ1v) is 7.00. The van der Waals surface area contributed by atoms with Gasteiger partial charge in [-0.2, -0.15) is 0 Å². The number of nitrogens with zero attached hydrogens (tertiary/aromatic N) is 4. The van der Waals surface area contributed by atoms with Crippen molar-refractivity contribution < 1.29 is 0 Å². The van der Waals surface area contributed by atoms with E-state index >= 15 is 0 Å². The van der Waals surface area contributed by atoms with Gasteiger partial charge in [0.25, 0.3) is 0 Å². The minimum Gasteiger partial charge on any atom is -0.382 e. The van der Waals surface area contributed by atoms with Gasteiger partial charge >= 0.3 is 0 Å². The second kappa shape index (κ2) is 5.55. The molecule has 5 nitrogen and oxygen atoms in total. The summed E-state index contributed by atoms with van der Waals surface area (Å²) in [6.45, 7) is 6.67.